The van der Waals surface area contributed by atoms with E-state index >= 15 is 0 Å². The zero-order chi connectivity index (χ0) is 22.1. The number of hydrogen-bond donors (Lipinski definition) is 0. The fourth-order valence-corrected chi connectivity index (χ4v) is 3.24. The zero-order valence-electron chi connectivity index (χ0n) is 16.4. The number of rotatable bonds is 5. The summed E-state index contributed by atoms with van der Waals surface area (Å²) in [6.45, 7) is 2.17. The van der Waals surface area contributed by atoms with Crippen LogP contribution in [0.1, 0.15) is 36.2 Å². The second-order valence-electron chi connectivity index (χ2n) is 6.64. The average Bonchev–Trinajstić information content (AvgIpc) is 3.11. The number of Topliss-reactive ketones (excluding diaryl/α,β-unsaturated/α-hetero) is 1. The van der Waals surface area contributed by atoms with Gasteiger partial charge in [-0.15, -0.1) is 0 Å². The van der Waals surface area contributed by atoms with Crippen molar-refractivity contribution in [1.29, 1.82) is 0 Å². The molecule has 0 fully saturated rings. The first-order valence-electron chi connectivity index (χ1n) is 8.84. The molecule has 2 atom stereocenters. The number of ketones is 1. The molecule has 2 aliphatic heterocycles. The highest BCUT2D eigenvalue weighted by atomic mass is 16.6. The van der Waals surface area contributed by atoms with E-state index in [0.29, 0.717) is 5.56 Å². The molecule has 0 unspecified atom stereocenters. The zero-order valence-corrected chi connectivity index (χ0v) is 16.4. The Balaban J connectivity index is 2.11. The summed E-state index contributed by atoms with van der Waals surface area (Å²) >= 11 is 0. The number of benzene rings is 1. The van der Waals surface area contributed by atoms with Crippen LogP contribution < -0.4 is 9.47 Å². The lowest BCUT2D eigenvalue weighted by Gasteiger charge is -2.38. The average molecular weight is 418 g/mol. The van der Waals surface area contributed by atoms with Crippen molar-refractivity contribution in [2.24, 2.45) is 0 Å². The van der Waals surface area contributed by atoms with Crippen molar-refractivity contribution in [2.45, 2.75) is 38.6 Å². The van der Waals surface area contributed by atoms with E-state index in [9.17, 15) is 24.0 Å². The van der Waals surface area contributed by atoms with E-state index in [1.807, 2.05) is 0 Å². The summed E-state index contributed by atoms with van der Waals surface area (Å²) < 4.78 is 25.9. The maximum Gasteiger partial charge on any atom is 0.355 e. The summed E-state index contributed by atoms with van der Waals surface area (Å²) in [5, 5.41) is 0. The Kier molecular flexibility index (Phi) is 5.59. The lowest BCUT2D eigenvalue weighted by molar-refractivity contribution is -0.173. The molecule has 0 spiro atoms. The van der Waals surface area contributed by atoms with Gasteiger partial charge in [-0.3, -0.25) is 14.4 Å². The van der Waals surface area contributed by atoms with Gasteiger partial charge < -0.3 is 23.7 Å². The molecule has 0 aliphatic carbocycles. The molecule has 30 heavy (non-hydrogen) atoms. The van der Waals surface area contributed by atoms with E-state index in [1.165, 1.54) is 25.1 Å². The number of methoxy groups -OCH3 is 1. The first-order chi connectivity index (χ1) is 14.2. The van der Waals surface area contributed by atoms with Gasteiger partial charge in [-0.05, 0) is 23.8 Å². The van der Waals surface area contributed by atoms with E-state index in [1.54, 1.807) is 0 Å². The topological polar surface area (TPSA) is 132 Å². The molecule has 0 bridgehead atoms. The van der Waals surface area contributed by atoms with Crippen molar-refractivity contribution in [3.63, 3.8) is 0 Å². The molecule has 10 heteroatoms. The SMILES string of the molecule is COC(=O)[C@]1([C@@H]2C=CC(=O)O2)CC(=O)c2c(OC(C)=O)cc(COC(C)=O)cc2O1. The highest BCUT2D eigenvalue weighted by Gasteiger charge is 2.57. The van der Waals surface area contributed by atoms with Gasteiger partial charge in [0.2, 0.25) is 0 Å². The van der Waals surface area contributed by atoms with Gasteiger partial charge in [0.1, 0.15) is 23.7 Å². The first-order valence-corrected chi connectivity index (χ1v) is 8.84. The number of ether oxygens (including phenoxy) is 5. The van der Waals surface area contributed by atoms with Gasteiger partial charge in [0.25, 0.3) is 5.60 Å². The summed E-state index contributed by atoms with van der Waals surface area (Å²) in [6, 6.07) is 2.74. The predicted octanol–water partition coefficient (Wildman–Crippen LogP) is 1.03. The van der Waals surface area contributed by atoms with Crippen LogP contribution in [0, 0.1) is 0 Å². The van der Waals surface area contributed by atoms with Gasteiger partial charge in [0.05, 0.1) is 13.5 Å². The standard InChI is InChI=1S/C20H18O10/c1-10(21)27-9-12-6-14(28-11(2)22)18-13(23)8-20(19(25)26-3,30-15(18)7-12)16-4-5-17(24)29-16/h4-7,16H,8-9H2,1-3H3/t16-,20+/m0/s1. The van der Waals surface area contributed by atoms with Crippen molar-refractivity contribution in [1.82, 2.24) is 0 Å². The second kappa shape index (κ2) is 7.97. The van der Waals surface area contributed by atoms with Crippen LogP contribution in [0.2, 0.25) is 0 Å². The van der Waals surface area contributed by atoms with Crippen LogP contribution in [-0.4, -0.2) is 48.5 Å². The fraction of sp³-hybridized carbons (Fsp3) is 0.350. The molecule has 10 nitrogen and oxygen atoms in total. The van der Waals surface area contributed by atoms with E-state index in [-0.39, 0.29) is 23.7 Å². The van der Waals surface area contributed by atoms with E-state index < -0.39 is 47.8 Å². The predicted molar refractivity (Wildman–Crippen MR) is 96.6 cm³/mol. The molecule has 0 saturated heterocycles. The summed E-state index contributed by atoms with van der Waals surface area (Å²) in [6.07, 6.45) is 0.684. The number of carbonyl (C=O) groups excluding carboxylic acids is 5. The highest BCUT2D eigenvalue weighted by Crippen LogP contribution is 2.43. The van der Waals surface area contributed by atoms with E-state index in [4.69, 9.17) is 23.7 Å². The summed E-state index contributed by atoms with van der Waals surface area (Å²) in [5.74, 6) is -3.66. The monoisotopic (exact) mass is 418 g/mol. The summed E-state index contributed by atoms with van der Waals surface area (Å²) in [7, 11) is 1.11. The molecule has 1 aromatic carbocycles. The van der Waals surface area contributed by atoms with Crippen molar-refractivity contribution in [3.8, 4) is 11.5 Å². The first kappa shape index (κ1) is 21.0. The number of cyclic esters (lactones) is 1. The van der Waals surface area contributed by atoms with Crippen LogP contribution >= 0.6 is 0 Å². The lowest BCUT2D eigenvalue weighted by atomic mass is 9.84. The van der Waals surface area contributed by atoms with Crippen molar-refractivity contribution < 1.29 is 47.7 Å². The third-order valence-electron chi connectivity index (χ3n) is 4.46. The molecule has 2 heterocycles. The minimum absolute atomic E-state index is 0.0652. The second-order valence-corrected chi connectivity index (χ2v) is 6.64. The maximum absolute atomic E-state index is 13.0. The number of esters is 4. The third-order valence-corrected chi connectivity index (χ3v) is 4.46. The molecular weight excluding hydrogens is 400 g/mol. The van der Waals surface area contributed by atoms with Crippen LogP contribution in [0.4, 0.5) is 0 Å². The molecule has 0 aromatic heterocycles. The number of fused-ring (bicyclic) bond motifs is 1. The Labute approximate surface area is 170 Å². The Morgan fingerprint density at radius 1 is 1.17 bits per heavy atom. The van der Waals surface area contributed by atoms with Crippen molar-refractivity contribution in [2.75, 3.05) is 7.11 Å². The van der Waals surface area contributed by atoms with Gasteiger partial charge in [0, 0.05) is 19.9 Å². The highest BCUT2D eigenvalue weighted by molar-refractivity contribution is 6.07. The van der Waals surface area contributed by atoms with Crippen LogP contribution in [0.5, 0.6) is 11.5 Å². The smallest absolute Gasteiger partial charge is 0.355 e. The fourth-order valence-electron chi connectivity index (χ4n) is 3.24. The minimum Gasteiger partial charge on any atom is -0.470 e. The maximum atomic E-state index is 13.0. The Morgan fingerprint density at radius 2 is 1.90 bits per heavy atom. The number of hydrogen-bond acceptors (Lipinski definition) is 10. The van der Waals surface area contributed by atoms with Crippen LogP contribution in [0.25, 0.3) is 0 Å². The molecule has 2 aliphatic rings. The molecule has 0 radical (unpaired) electrons. The number of carbonyl (C=O) groups is 5. The minimum atomic E-state index is -1.96. The Morgan fingerprint density at radius 3 is 2.47 bits per heavy atom. The van der Waals surface area contributed by atoms with Gasteiger partial charge in [-0.25, -0.2) is 9.59 Å². The van der Waals surface area contributed by atoms with Gasteiger partial charge in [-0.1, -0.05) is 0 Å². The van der Waals surface area contributed by atoms with Crippen LogP contribution in [-0.2, 0) is 40.0 Å². The Hall–Kier alpha value is -3.69. The van der Waals surface area contributed by atoms with Gasteiger partial charge in [0.15, 0.2) is 11.9 Å². The molecule has 3 rings (SSSR count). The van der Waals surface area contributed by atoms with Gasteiger partial charge in [-0.2, -0.15) is 0 Å². The summed E-state index contributed by atoms with van der Waals surface area (Å²) in [5.41, 5.74) is -1.69. The van der Waals surface area contributed by atoms with Crippen molar-refractivity contribution in [3.05, 3.63) is 35.4 Å². The normalized spacial score (nSPS) is 21.9. The largest absolute Gasteiger partial charge is 0.470 e. The van der Waals surface area contributed by atoms with Gasteiger partial charge >= 0.3 is 23.9 Å². The quantitative estimate of drug-likeness (QED) is 0.388. The van der Waals surface area contributed by atoms with E-state index in [2.05, 4.69) is 0 Å². The molecule has 158 valence electrons. The molecule has 0 saturated carbocycles. The molecule has 1 aromatic rings. The van der Waals surface area contributed by atoms with Crippen LogP contribution in [0.15, 0.2) is 24.3 Å². The van der Waals surface area contributed by atoms with E-state index in [0.717, 1.165) is 20.1 Å². The Bertz CT molecular complexity index is 976. The lowest BCUT2D eigenvalue weighted by Crippen LogP contribution is -2.57. The molecule has 0 N–H and O–H groups in total. The molecular formula is C20H18O10. The van der Waals surface area contributed by atoms with Crippen molar-refractivity contribution >= 4 is 29.7 Å². The summed E-state index contributed by atoms with van der Waals surface area (Å²) in [4.78, 5) is 59.8. The van der Waals surface area contributed by atoms with Crippen LogP contribution in [0.3, 0.4) is 0 Å². The molecule has 0 amide bonds. The third kappa shape index (κ3) is 3.88.